The van der Waals surface area contributed by atoms with Crippen LogP contribution in [0, 0.1) is 11.7 Å². The molecule has 2 atom stereocenters. The lowest BCUT2D eigenvalue weighted by Gasteiger charge is -2.32. The molecule has 0 aliphatic carbocycles. The van der Waals surface area contributed by atoms with Crippen molar-refractivity contribution in [1.29, 1.82) is 0 Å². The van der Waals surface area contributed by atoms with Gasteiger partial charge in [-0.15, -0.1) is 0 Å². The Morgan fingerprint density at radius 1 is 1.23 bits per heavy atom. The average molecular weight is 427 g/mol. The van der Waals surface area contributed by atoms with Gasteiger partial charge in [0.15, 0.2) is 0 Å². The first kappa shape index (κ1) is 22.4. The summed E-state index contributed by atoms with van der Waals surface area (Å²) in [5.41, 5.74) is 1.22. The summed E-state index contributed by atoms with van der Waals surface area (Å²) in [6, 6.07) is 8.59. The lowest BCUT2D eigenvalue weighted by molar-refractivity contribution is -0.143. The largest absolute Gasteiger partial charge is 0.481 e. The Labute approximate surface area is 180 Å². The van der Waals surface area contributed by atoms with E-state index in [2.05, 4.69) is 10.3 Å². The third kappa shape index (κ3) is 6.34. The topological polar surface area (TPSA) is 99.6 Å². The van der Waals surface area contributed by atoms with Gasteiger partial charge in [0.2, 0.25) is 11.8 Å². The molecule has 0 radical (unpaired) electrons. The molecule has 1 fully saturated rings. The molecule has 1 aromatic carbocycles. The van der Waals surface area contributed by atoms with Crippen molar-refractivity contribution in [3.05, 3.63) is 65.7 Å². The van der Waals surface area contributed by atoms with E-state index in [-0.39, 0.29) is 23.9 Å². The number of rotatable bonds is 9. The molecule has 2 unspecified atom stereocenters. The van der Waals surface area contributed by atoms with Crippen LogP contribution in [0.1, 0.15) is 42.9 Å². The van der Waals surface area contributed by atoms with Crippen LogP contribution in [0.4, 0.5) is 4.39 Å². The maximum atomic E-state index is 14.1. The van der Waals surface area contributed by atoms with Gasteiger partial charge in [-0.3, -0.25) is 19.4 Å². The van der Waals surface area contributed by atoms with Crippen LogP contribution in [0.5, 0.6) is 0 Å². The van der Waals surface area contributed by atoms with E-state index in [9.17, 15) is 18.8 Å². The number of nitrogens with one attached hydrogen (secondary N) is 1. The lowest BCUT2D eigenvalue weighted by atomic mass is 9.91. The third-order valence-electron chi connectivity index (χ3n) is 5.50. The number of benzene rings is 1. The number of halogens is 1. The first-order valence-corrected chi connectivity index (χ1v) is 10.4. The molecule has 1 aliphatic heterocycles. The number of amides is 2. The molecule has 0 bridgehead atoms. The van der Waals surface area contributed by atoms with E-state index in [0.29, 0.717) is 13.0 Å². The van der Waals surface area contributed by atoms with Crippen LogP contribution < -0.4 is 5.32 Å². The van der Waals surface area contributed by atoms with Crippen molar-refractivity contribution >= 4 is 17.8 Å². The standard InChI is InChI=1S/C23H26FN3O4/c24-19-6-2-1-5-18(19)20(14-22(29)30)26-21(28)15-27-13-3-4-17(23(27)31)8-7-16-9-11-25-12-10-16/h1-2,5-6,9-12,17,20H,3-4,7-8,13-15H2,(H,26,28)(H,29,30). The number of carbonyl (C=O) groups is 3. The van der Waals surface area contributed by atoms with E-state index in [1.54, 1.807) is 18.5 Å². The Hall–Kier alpha value is -3.29. The van der Waals surface area contributed by atoms with Crippen LogP contribution in [-0.4, -0.2) is 45.9 Å². The summed E-state index contributed by atoms with van der Waals surface area (Å²) in [5, 5.41) is 11.7. The van der Waals surface area contributed by atoms with E-state index >= 15 is 0 Å². The number of pyridine rings is 1. The highest BCUT2D eigenvalue weighted by Gasteiger charge is 2.30. The van der Waals surface area contributed by atoms with Gasteiger partial charge in [0.05, 0.1) is 19.0 Å². The molecule has 1 aliphatic rings. The Balaban J connectivity index is 1.59. The fourth-order valence-corrected chi connectivity index (χ4v) is 3.92. The molecular formula is C23H26FN3O4. The zero-order chi connectivity index (χ0) is 22.2. The van der Waals surface area contributed by atoms with Crippen molar-refractivity contribution < 1.29 is 23.9 Å². The fourth-order valence-electron chi connectivity index (χ4n) is 3.92. The monoisotopic (exact) mass is 427 g/mol. The number of likely N-dealkylation sites (tertiary alicyclic amines) is 1. The molecule has 2 heterocycles. The molecule has 8 heteroatoms. The van der Waals surface area contributed by atoms with E-state index in [0.717, 1.165) is 24.8 Å². The minimum absolute atomic E-state index is 0.0730. The summed E-state index contributed by atoms with van der Waals surface area (Å²) in [5.74, 6) is -2.47. The van der Waals surface area contributed by atoms with E-state index in [4.69, 9.17) is 5.11 Å². The smallest absolute Gasteiger partial charge is 0.305 e. The van der Waals surface area contributed by atoms with Crippen LogP contribution in [0.3, 0.4) is 0 Å². The Morgan fingerprint density at radius 3 is 2.68 bits per heavy atom. The first-order chi connectivity index (χ1) is 14.9. The number of aryl methyl sites for hydroxylation is 1. The van der Waals surface area contributed by atoms with Crippen LogP contribution in [-0.2, 0) is 20.8 Å². The number of aliphatic carboxylic acids is 1. The second-order valence-electron chi connectivity index (χ2n) is 7.73. The van der Waals surface area contributed by atoms with Gasteiger partial charge in [0, 0.05) is 30.4 Å². The molecule has 0 saturated carbocycles. The minimum atomic E-state index is -1.15. The summed E-state index contributed by atoms with van der Waals surface area (Å²) >= 11 is 0. The van der Waals surface area contributed by atoms with Crippen molar-refractivity contribution in [1.82, 2.24) is 15.2 Å². The van der Waals surface area contributed by atoms with Crippen LogP contribution >= 0.6 is 0 Å². The first-order valence-electron chi connectivity index (χ1n) is 10.4. The Kier molecular flexibility index (Phi) is 7.70. The molecular weight excluding hydrogens is 401 g/mol. The van der Waals surface area contributed by atoms with E-state index in [1.165, 1.54) is 23.1 Å². The SMILES string of the molecule is O=C(O)CC(NC(=O)CN1CCCC(CCc2ccncc2)C1=O)c1ccccc1F. The van der Waals surface area contributed by atoms with Crippen molar-refractivity contribution in [3.63, 3.8) is 0 Å². The zero-order valence-electron chi connectivity index (χ0n) is 17.2. The molecule has 2 amide bonds. The van der Waals surface area contributed by atoms with Crippen molar-refractivity contribution in [3.8, 4) is 0 Å². The number of carboxylic acids is 1. The van der Waals surface area contributed by atoms with Gasteiger partial charge >= 0.3 is 5.97 Å². The van der Waals surface area contributed by atoms with Crippen molar-refractivity contribution in [2.24, 2.45) is 5.92 Å². The van der Waals surface area contributed by atoms with Gasteiger partial charge in [-0.1, -0.05) is 18.2 Å². The van der Waals surface area contributed by atoms with Crippen LogP contribution in [0.15, 0.2) is 48.8 Å². The number of nitrogens with zero attached hydrogens (tertiary/aromatic N) is 2. The fraction of sp³-hybridized carbons (Fsp3) is 0.391. The van der Waals surface area contributed by atoms with Crippen molar-refractivity contribution in [2.75, 3.05) is 13.1 Å². The van der Waals surface area contributed by atoms with E-state index < -0.39 is 30.2 Å². The number of carbonyl (C=O) groups excluding carboxylic acids is 2. The maximum absolute atomic E-state index is 14.1. The van der Waals surface area contributed by atoms with Crippen molar-refractivity contribution in [2.45, 2.75) is 38.1 Å². The van der Waals surface area contributed by atoms with Gasteiger partial charge < -0.3 is 15.3 Å². The highest BCUT2D eigenvalue weighted by molar-refractivity contribution is 5.86. The summed E-state index contributed by atoms with van der Waals surface area (Å²) < 4.78 is 14.1. The number of carboxylic acid groups (broad SMARTS) is 1. The highest BCUT2D eigenvalue weighted by Crippen LogP contribution is 2.24. The molecule has 164 valence electrons. The quantitative estimate of drug-likeness (QED) is 0.641. The normalized spacial score (nSPS) is 17.3. The van der Waals surface area contributed by atoms with Crippen LogP contribution in [0.25, 0.3) is 0 Å². The minimum Gasteiger partial charge on any atom is -0.481 e. The second-order valence-corrected chi connectivity index (χ2v) is 7.73. The number of hydrogen-bond acceptors (Lipinski definition) is 4. The lowest BCUT2D eigenvalue weighted by Crippen LogP contribution is -2.47. The summed E-state index contributed by atoms with van der Waals surface area (Å²) in [4.78, 5) is 42.1. The molecule has 2 N–H and O–H groups in total. The predicted octanol–water partition coefficient (Wildman–Crippen LogP) is 2.72. The van der Waals surface area contributed by atoms with Gasteiger partial charge in [0.25, 0.3) is 0 Å². The molecule has 2 aromatic rings. The second kappa shape index (κ2) is 10.7. The summed E-state index contributed by atoms with van der Waals surface area (Å²) in [6.07, 6.45) is 6.01. The highest BCUT2D eigenvalue weighted by atomic mass is 19.1. The molecule has 7 nitrogen and oxygen atoms in total. The predicted molar refractivity (Wildman–Crippen MR) is 111 cm³/mol. The summed E-state index contributed by atoms with van der Waals surface area (Å²) in [7, 11) is 0. The molecule has 3 rings (SSSR count). The van der Waals surface area contributed by atoms with Gasteiger partial charge in [-0.05, 0) is 49.4 Å². The zero-order valence-corrected chi connectivity index (χ0v) is 17.2. The summed E-state index contributed by atoms with van der Waals surface area (Å²) in [6.45, 7) is 0.302. The number of hydrogen-bond donors (Lipinski definition) is 2. The molecule has 0 spiro atoms. The molecule has 31 heavy (non-hydrogen) atoms. The molecule has 1 saturated heterocycles. The third-order valence-corrected chi connectivity index (χ3v) is 5.50. The molecule has 1 aromatic heterocycles. The van der Waals surface area contributed by atoms with Gasteiger partial charge in [0.1, 0.15) is 5.82 Å². The Bertz CT molecular complexity index is 922. The van der Waals surface area contributed by atoms with Gasteiger partial charge in [-0.25, -0.2) is 4.39 Å². The number of aromatic nitrogens is 1. The average Bonchev–Trinajstić information content (AvgIpc) is 2.74. The van der Waals surface area contributed by atoms with Crippen LogP contribution in [0.2, 0.25) is 0 Å². The van der Waals surface area contributed by atoms with Gasteiger partial charge in [-0.2, -0.15) is 0 Å². The number of piperidine rings is 1. The Morgan fingerprint density at radius 2 is 1.97 bits per heavy atom. The maximum Gasteiger partial charge on any atom is 0.305 e. The van der Waals surface area contributed by atoms with E-state index in [1.807, 2.05) is 12.1 Å².